The molecule has 0 bridgehead atoms. The van der Waals surface area contributed by atoms with Gasteiger partial charge in [0, 0.05) is 6.42 Å². The lowest BCUT2D eigenvalue weighted by Crippen LogP contribution is -2.45. The van der Waals surface area contributed by atoms with Gasteiger partial charge < -0.3 is 19.8 Å². The number of aliphatic hydroxyl groups is 1. The molecule has 1 amide bonds. The Labute approximate surface area is 448 Å². The molecule has 3 unspecified atom stereocenters. The van der Waals surface area contributed by atoms with Crippen molar-refractivity contribution in [1.82, 2.24) is 5.32 Å². The maximum Gasteiger partial charge on any atom is 0.472 e. The molecule has 0 heterocycles. The van der Waals surface area contributed by atoms with E-state index in [2.05, 4.69) is 55.6 Å². The highest BCUT2D eigenvalue weighted by Gasteiger charge is 2.27. The fourth-order valence-corrected chi connectivity index (χ4v) is 9.87. The quantitative estimate of drug-likeness (QED) is 0.0243. The fraction of sp³-hybridized carbons (Fsp3) is 0.857. The van der Waals surface area contributed by atoms with Crippen molar-refractivity contribution in [2.75, 3.05) is 40.9 Å². The van der Waals surface area contributed by atoms with Gasteiger partial charge in [-0.15, -0.1) is 0 Å². The number of carbonyl (C=O) groups is 1. The van der Waals surface area contributed by atoms with E-state index in [4.69, 9.17) is 9.05 Å². The van der Waals surface area contributed by atoms with Gasteiger partial charge in [-0.3, -0.25) is 13.8 Å². The lowest BCUT2D eigenvalue weighted by molar-refractivity contribution is -0.870. The van der Waals surface area contributed by atoms with Gasteiger partial charge in [-0.2, -0.15) is 0 Å². The molecule has 0 aromatic rings. The van der Waals surface area contributed by atoms with Gasteiger partial charge in [0.15, 0.2) is 0 Å². The third-order valence-electron chi connectivity index (χ3n) is 14.0. The molecule has 72 heavy (non-hydrogen) atoms. The Balaban J connectivity index is 3.99. The molecule has 0 saturated carbocycles. The number of phosphoric ester groups is 1. The molecular formula is C63H122N2O6P+. The van der Waals surface area contributed by atoms with Crippen LogP contribution in [0.3, 0.4) is 0 Å². The number of carbonyl (C=O) groups excluding carboxylic acids is 1. The minimum Gasteiger partial charge on any atom is -0.387 e. The Morgan fingerprint density at radius 1 is 0.458 bits per heavy atom. The number of hydrogen-bond acceptors (Lipinski definition) is 5. The van der Waals surface area contributed by atoms with Crippen molar-refractivity contribution in [3.8, 4) is 0 Å². The van der Waals surface area contributed by atoms with Crippen LogP contribution in [0.25, 0.3) is 0 Å². The van der Waals surface area contributed by atoms with Gasteiger partial charge in [0.25, 0.3) is 0 Å². The summed E-state index contributed by atoms with van der Waals surface area (Å²) < 4.78 is 23.7. The zero-order valence-electron chi connectivity index (χ0n) is 48.4. The Kier molecular flexibility index (Phi) is 53.1. The molecule has 8 nitrogen and oxygen atoms in total. The van der Waals surface area contributed by atoms with Crippen molar-refractivity contribution >= 4 is 13.7 Å². The van der Waals surface area contributed by atoms with Crippen LogP contribution in [0.5, 0.6) is 0 Å². The molecule has 3 atom stereocenters. The summed E-state index contributed by atoms with van der Waals surface area (Å²) >= 11 is 0. The highest BCUT2D eigenvalue weighted by atomic mass is 31.2. The highest BCUT2D eigenvalue weighted by molar-refractivity contribution is 7.47. The van der Waals surface area contributed by atoms with E-state index in [1.165, 1.54) is 231 Å². The molecule has 0 aliphatic heterocycles. The molecule has 0 radical (unpaired) electrons. The van der Waals surface area contributed by atoms with E-state index in [9.17, 15) is 19.4 Å². The van der Waals surface area contributed by atoms with Gasteiger partial charge in [-0.1, -0.05) is 268 Å². The van der Waals surface area contributed by atoms with Crippen LogP contribution in [-0.2, 0) is 18.4 Å². The summed E-state index contributed by atoms with van der Waals surface area (Å²) in [6.07, 6.45) is 72.5. The third-order valence-corrected chi connectivity index (χ3v) is 15.0. The first-order valence-electron chi connectivity index (χ1n) is 31.0. The number of quaternary nitrogens is 1. The number of allylic oxidation sites excluding steroid dienone is 7. The largest absolute Gasteiger partial charge is 0.472 e. The maximum absolute atomic E-state index is 13.0. The second-order valence-corrected chi connectivity index (χ2v) is 23.9. The van der Waals surface area contributed by atoms with Crippen molar-refractivity contribution in [3.63, 3.8) is 0 Å². The molecule has 424 valence electrons. The second kappa shape index (κ2) is 54.3. The number of nitrogens with one attached hydrogen (secondary N) is 1. The van der Waals surface area contributed by atoms with Crippen molar-refractivity contribution in [3.05, 3.63) is 48.6 Å². The number of phosphoric acid groups is 1. The van der Waals surface area contributed by atoms with Crippen LogP contribution >= 0.6 is 7.82 Å². The first kappa shape index (κ1) is 70.5. The monoisotopic (exact) mass is 1030 g/mol. The highest BCUT2D eigenvalue weighted by Crippen LogP contribution is 2.43. The number of amides is 1. The number of likely N-dealkylation sites (N-methyl/N-ethyl adjacent to an activating group) is 1. The van der Waals surface area contributed by atoms with E-state index in [0.717, 1.165) is 44.9 Å². The standard InChI is InChI=1S/C63H121N2O6P/c1-6-8-10-12-14-16-18-20-22-23-24-25-26-27-28-29-30-31-32-33-34-35-36-37-38-39-40-41-43-45-47-49-51-53-55-57-63(67)64-61(60-71-72(68,69)70-59-58-65(3,4)5)62(66)56-54-52-50-48-46-44-42-21-19-17-15-13-11-9-7-2/h19,21,23-24,46,48,54,56,61-62,66H,6-18,20,22,25-45,47,49-53,55,57-60H2,1-5H3,(H-,64,67,68,69)/p+1/b21-19+,24-23-,48-46+,56-54+. The van der Waals surface area contributed by atoms with Crippen LogP contribution in [0.15, 0.2) is 48.6 Å². The summed E-state index contributed by atoms with van der Waals surface area (Å²) in [6.45, 7) is 4.79. The Morgan fingerprint density at radius 2 is 0.764 bits per heavy atom. The van der Waals surface area contributed by atoms with Gasteiger partial charge in [-0.05, 0) is 70.6 Å². The average molecular weight is 1030 g/mol. The van der Waals surface area contributed by atoms with Crippen molar-refractivity contribution in [1.29, 1.82) is 0 Å². The van der Waals surface area contributed by atoms with E-state index >= 15 is 0 Å². The van der Waals surface area contributed by atoms with E-state index in [-0.39, 0.29) is 19.1 Å². The Morgan fingerprint density at radius 3 is 1.11 bits per heavy atom. The molecule has 0 spiro atoms. The van der Waals surface area contributed by atoms with Crippen LogP contribution in [0.1, 0.15) is 296 Å². The summed E-state index contributed by atoms with van der Waals surface area (Å²) in [5.74, 6) is -0.187. The Bertz CT molecular complexity index is 1310. The van der Waals surface area contributed by atoms with E-state index in [1.54, 1.807) is 6.08 Å². The van der Waals surface area contributed by atoms with E-state index in [1.807, 2.05) is 27.2 Å². The zero-order valence-corrected chi connectivity index (χ0v) is 49.3. The zero-order chi connectivity index (χ0) is 52.7. The number of nitrogens with zero attached hydrogens (tertiary/aromatic N) is 1. The molecular weight excluding hydrogens is 912 g/mol. The molecule has 3 N–H and O–H groups in total. The van der Waals surface area contributed by atoms with Crippen LogP contribution in [0.4, 0.5) is 0 Å². The van der Waals surface area contributed by atoms with Gasteiger partial charge in [-0.25, -0.2) is 4.57 Å². The minimum atomic E-state index is -4.36. The van der Waals surface area contributed by atoms with Crippen molar-refractivity contribution < 1.29 is 32.9 Å². The molecule has 9 heteroatoms. The van der Waals surface area contributed by atoms with Gasteiger partial charge >= 0.3 is 7.82 Å². The summed E-state index contributed by atoms with van der Waals surface area (Å²) in [5.41, 5.74) is 0. The summed E-state index contributed by atoms with van der Waals surface area (Å²) in [4.78, 5) is 23.3. The van der Waals surface area contributed by atoms with E-state index < -0.39 is 20.0 Å². The van der Waals surface area contributed by atoms with Gasteiger partial charge in [0.05, 0.1) is 39.9 Å². The molecule has 0 aliphatic carbocycles. The topological polar surface area (TPSA) is 105 Å². The molecule has 0 saturated heterocycles. The van der Waals surface area contributed by atoms with Crippen LogP contribution in [0.2, 0.25) is 0 Å². The molecule has 0 fully saturated rings. The predicted molar refractivity (Wildman–Crippen MR) is 314 cm³/mol. The second-order valence-electron chi connectivity index (χ2n) is 22.4. The number of aliphatic hydroxyl groups excluding tert-OH is 1. The lowest BCUT2D eigenvalue weighted by atomic mass is 10.0. The van der Waals surface area contributed by atoms with Gasteiger partial charge in [0.1, 0.15) is 13.2 Å². The van der Waals surface area contributed by atoms with E-state index in [0.29, 0.717) is 17.4 Å². The first-order chi connectivity index (χ1) is 35.0. The molecule has 0 aromatic heterocycles. The summed E-state index contributed by atoms with van der Waals surface area (Å²) in [5, 5.41) is 13.9. The molecule has 0 aromatic carbocycles. The molecule has 0 rings (SSSR count). The molecule has 0 aliphatic rings. The summed E-state index contributed by atoms with van der Waals surface area (Å²) in [7, 11) is 1.55. The fourth-order valence-electron chi connectivity index (χ4n) is 9.13. The van der Waals surface area contributed by atoms with Crippen LogP contribution in [-0.4, -0.2) is 73.4 Å². The number of hydrogen-bond donors (Lipinski definition) is 3. The smallest absolute Gasteiger partial charge is 0.387 e. The van der Waals surface area contributed by atoms with Crippen molar-refractivity contribution in [2.24, 2.45) is 0 Å². The van der Waals surface area contributed by atoms with Crippen LogP contribution in [0, 0.1) is 0 Å². The SMILES string of the molecule is CCCCCCC/C=C/CC/C=C/CC/C=C/C(O)C(COP(=O)(O)OCC[N+](C)(C)C)NC(=O)CCCCCCCCCCCCCCCCCCCCCCCCC/C=C\CCCCCCCCCC. The van der Waals surface area contributed by atoms with Crippen LogP contribution < -0.4 is 5.32 Å². The summed E-state index contributed by atoms with van der Waals surface area (Å²) in [6, 6.07) is -0.869. The number of unbranched alkanes of at least 4 members (excludes halogenated alkanes) is 38. The maximum atomic E-state index is 13.0. The minimum absolute atomic E-state index is 0.0542. The third kappa shape index (κ3) is 56.2. The van der Waals surface area contributed by atoms with Gasteiger partial charge in [0.2, 0.25) is 5.91 Å². The first-order valence-corrected chi connectivity index (χ1v) is 32.5. The number of rotatable bonds is 57. The Hall–Kier alpha value is -1.54. The average Bonchev–Trinajstić information content (AvgIpc) is 3.34. The normalized spacial score (nSPS) is 14.2. The lowest BCUT2D eigenvalue weighted by Gasteiger charge is -2.25. The van der Waals surface area contributed by atoms with Crippen molar-refractivity contribution in [2.45, 2.75) is 309 Å². The predicted octanol–water partition coefficient (Wildman–Crippen LogP) is 19.1.